The highest BCUT2D eigenvalue weighted by molar-refractivity contribution is 7.98. The number of rotatable bonds is 6. The molecule has 1 nitrogen and oxygen atoms in total. The highest BCUT2D eigenvalue weighted by atomic mass is 35.5. The first kappa shape index (κ1) is 13.4. The molecule has 2 rings (SSSR count). The minimum atomic E-state index is 0.291. The normalized spacial score (nSPS) is 12.8. The van der Waals surface area contributed by atoms with Crippen LogP contribution < -0.4 is 5.32 Å². The molecule has 0 saturated carbocycles. The summed E-state index contributed by atoms with van der Waals surface area (Å²) in [6.45, 7) is 1.01. The molecule has 0 aliphatic rings. The van der Waals surface area contributed by atoms with Crippen molar-refractivity contribution in [3.8, 4) is 0 Å². The summed E-state index contributed by atoms with van der Waals surface area (Å²) < 4.78 is 0.855. The Morgan fingerprint density at radius 2 is 2.24 bits per heavy atom. The van der Waals surface area contributed by atoms with Crippen molar-refractivity contribution in [2.75, 3.05) is 18.6 Å². The molecule has 0 radical (unpaired) electrons. The van der Waals surface area contributed by atoms with Crippen molar-refractivity contribution in [2.24, 2.45) is 0 Å². The van der Waals surface area contributed by atoms with E-state index in [1.165, 1.54) is 9.75 Å². The van der Waals surface area contributed by atoms with Crippen LogP contribution in [-0.4, -0.2) is 18.6 Å². The largest absolute Gasteiger partial charge is 0.304 e. The fraction of sp³-hybridized carbons (Fsp3) is 0.333. The van der Waals surface area contributed by atoms with Crippen molar-refractivity contribution < 1.29 is 0 Å². The number of nitrogens with one attached hydrogen (secondary N) is 1. The Hall–Kier alpha value is -0.0000000000000000278. The average Bonchev–Trinajstić information content (AvgIpc) is 2.96. The van der Waals surface area contributed by atoms with E-state index in [0.29, 0.717) is 6.04 Å². The van der Waals surface area contributed by atoms with Crippen LogP contribution in [0.1, 0.15) is 15.8 Å². The maximum absolute atomic E-state index is 6.02. The van der Waals surface area contributed by atoms with Gasteiger partial charge < -0.3 is 5.32 Å². The SMILES string of the molecule is CSCCNC(c1cccs1)c1ccc(Cl)s1. The molecule has 0 spiro atoms. The fourth-order valence-electron chi connectivity index (χ4n) is 1.59. The second-order valence-electron chi connectivity index (χ2n) is 3.54. The number of thiophene rings is 2. The summed E-state index contributed by atoms with van der Waals surface area (Å²) in [7, 11) is 0. The van der Waals surface area contributed by atoms with Crippen LogP contribution in [0.2, 0.25) is 4.34 Å². The molecule has 0 amide bonds. The lowest BCUT2D eigenvalue weighted by atomic mass is 10.2. The van der Waals surface area contributed by atoms with E-state index in [-0.39, 0.29) is 0 Å². The molecular formula is C12H14ClNS3. The Morgan fingerprint density at radius 3 is 2.82 bits per heavy atom. The van der Waals surface area contributed by atoms with Crippen LogP contribution in [0.15, 0.2) is 29.6 Å². The first-order valence-electron chi connectivity index (χ1n) is 5.32. The molecule has 1 N–H and O–H groups in total. The molecule has 0 aliphatic heterocycles. The van der Waals surface area contributed by atoms with Gasteiger partial charge in [-0.15, -0.1) is 22.7 Å². The molecule has 0 bridgehead atoms. The van der Waals surface area contributed by atoms with Gasteiger partial charge in [-0.2, -0.15) is 11.8 Å². The highest BCUT2D eigenvalue weighted by Gasteiger charge is 2.16. The molecule has 0 aromatic carbocycles. The van der Waals surface area contributed by atoms with Gasteiger partial charge in [0.25, 0.3) is 0 Å². The monoisotopic (exact) mass is 303 g/mol. The van der Waals surface area contributed by atoms with Crippen molar-refractivity contribution in [3.63, 3.8) is 0 Å². The van der Waals surface area contributed by atoms with E-state index in [4.69, 9.17) is 11.6 Å². The Kier molecular flexibility index (Phi) is 5.38. The predicted octanol–water partition coefficient (Wildman–Crippen LogP) is 4.51. The van der Waals surface area contributed by atoms with Crippen LogP contribution >= 0.6 is 46.0 Å². The Labute approximate surface area is 119 Å². The highest BCUT2D eigenvalue weighted by Crippen LogP contribution is 2.32. The van der Waals surface area contributed by atoms with E-state index in [0.717, 1.165) is 16.6 Å². The van der Waals surface area contributed by atoms with E-state index in [9.17, 15) is 0 Å². The molecule has 2 aromatic heterocycles. The molecule has 2 aromatic rings. The molecular weight excluding hydrogens is 290 g/mol. The van der Waals surface area contributed by atoms with Gasteiger partial charge in [0.05, 0.1) is 10.4 Å². The number of hydrogen-bond acceptors (Lipinski definition) is 4. The molecule has 92 valence electrons. The minimum absolute atomic E-state index is 0.291. The van der Waals surface area contributed by atoms with Crippen molar-refractivity contribution in [1.29, 1.82) is 0 Å². The summed E-state index contributed by atoms with van der Waals surface area (Å²) in [6, 6.07) is 8.65. The molecule has 0 fully saturated rings. The third-order valence-electron chi connectivity index (χ3n) is 2.36. The van der Waals surface area contributed by atoms with Gasteiger partial charge in [0.2, 0.25) is 0 Å². The van der Waals surface area contributed by atoms with Crippen molar-refractivity contribution >= 4 is 46.0 Å². The van der Waals surface area contributed by atoms with Gasteiger partial charge in [-0.25, -0.2) is 0 Å². The lowest BCUT2D eigenvalue weighted by molar-refractivity contribution is 0.653. The van der Waals surface area contributed by atoms with E-state index < -0.39 is 0 Å². The van der Waals surface area contributed by atoms with Crippen molar-refractivity contribution in [2.45, 2.75) is 6.04 Å². The third kappa shape index (κ3) is 3.73. The minimum Gasteiger partial charge on any atom is -0.304 e. The second-order valence-corrected chi connectivity index (χ2v) is 7.25. The van der Waals surface area contributed by atoms with Gasteiger partial charge in [0, 0.05) is 22.1 Å². The Bertz CT molecular complexity index is 438. The smallest absolute Gasteiger partial charge is 0.0931 e. The maximum atomic E-state index is 6.02. The van der Waals surface area contributed by atoms with E-state index in [1.54, 1.807) is 22.7 Å². The third-order valence-corrected chi connectivity index (χ3v) is 5.21. The quantitative estimate of drug-likeness (QED) is 0.788. The topological polar surface area (TPSA) is 12.0 Å². The number of hydrogen-bond donors (Lipinski definition) is 1. The van der Waals surface area contributed by atoms with Crippen molar-refractivity contribution in [3.05, 3.63) is 43.7 Å². The summed E-state index contributed by atoms with van der Waals surface area (Å²) in [5.74, 6) is 1.13. The Balaban J connectivity index is 2.13. The standard InChI is InChI=1S/C12H14ClNS3/c1-15-8-6-14-12(9-3-2-7-16-9)10-4-5-11(13)17-10/h2-5,7,12,14H,6,8H2,1H3. The molecule has 0 saturated heterocycles. The van der Waals surface area contributed by atoms with Crippen LogP contribution in [0.5, 0.6) is 0 Å². The van der Waals surface area contributed by atoms with Gasteiger partial charge in [-0.1, -0.05) is 17.7 Å². The zero-order valence-electron chi connectivity index (χ0n) is 9.48. The molecule has 1 unspecified atom stereocenters. The van der Waals surface area contributed by atoms with E-state index in [2.05, 4.69) is 35.2 Å². The van der Waals surface area contributed by atoms with Crippen molar-refractivity contribution in [1.82, 2.24) is 5.32 Å². The zero-order chi connectivity index (χ0) is 12.1. The zero-order valence-corrected chi connectivity index (χ0v) is 12.7. The van der Waals surface area contributed by atoms with E-state index >= 15 is 0 Å². The first-order chi connectivity index (χ1) is 8.31. The van der Waals surface area contributed by atoms with Crippen LogP contribution in [0.3, 0.4) is 0 Å². The molecule has 5 heteroatoms. The van der Waals surface area contributed by atoms with E-state index in [1.807, 2.05) is 17.8 Å². The van der Waals surface area contributed by atoms with Gasteiger partial charge in [0.1, 0.15) is 0 Å². The summed E-state index contributed by atoms with van der Waals surface area (Å²) in [4.78, 5) is 2.64. The lowest BCUT2D eigenvalue weighted by Crippen LogP contribution is -2.23. The average molecular weight is 304 g/mol. The second kappa shape index (κ2) is 6.81. The van der Waals surface area contributed by atoms with Gasteiger partial charge in [-0.3, -0.25) is 0 Å². The van der Waals surface area contributed by atoms with Crippen LogP contribution in [-0.2, 0) is 0 Å². The van der Waals surface area contributed by atoms with Gasteiger partial charge in [0.15, 0.2) is 0 Å². The molecule has 1 atom stereocenters. The predicted molar refractivity (Wildman–Crippen MR) is 81.9 cm³/mol. The molecule has 0 aliphatic carbocycles. The maximum Gasteiger partial charge on any atom is 0.0931 e. The lowest BCUT2D eigenvalue weighted by Gasteiger charge is -2.15. The fourth-order valence-corrected chi connectivity index (χ4v) is 3.96. The van der Waals surface area contributed by atoms with Gasteiger partial charge >= 0.3 is 0 Å². The number of halogens is 1. The molecule has 2 heterocycles. The summed E-state index contributed by atoms with van der Waals surface area (Å²) in [5, 5.41) is 5.71. The van der Waals surface area contributed by atoms with Crippen LogP contribution in [0, 0.1) is 0 Å². The summed E-state index contributed by atoms with van der Waals surface area (Å²) >= 11 is 11.3. The summed E-state index contributed by atoms with van der Waals surface area (Å²) in [5.41, 5.74) is 0. The number of thioether (sulfide) groups is 1. The van der Waals surface area contributed by atoms with Crippen LogP contribution in [0.25, 0.3) is 0 Å². The molecule has 17 heavy (non-hydrogen) atoms. The summed E-state index contributed by atoms with van der Waals surface area (Å²) in [6.07, 6.45) is 2.13. The van der Waals surface area contributed by atoms with Gasteiger partial charge in [-0.05, 0) is 29.8 Å². The van der Waals surface area contributed by atoms with Crippen LogP contribution in [0.4, 0.5) is 0 Å². The Morgan fingerprint density at radius 1 is 1.35 bits per heavy atom. The first-order valence-corrected chi connectivity index (χ1v) is 8.79.